The van der Waals surface area contributed by atoms with Gasteiger partial charge in [0.15, 0.2) is 11.5 Å². The summed E-state index contributed by atoms with van der Waals surface area (Å²) in [6.07, 6.45) is 1.36. The van der Waals surface area contributed by atoms with Crippen LogP contribution in [0.4, 0.5) is 5.69 Å². The number of aromatic hydroxyl groups is 1. The molecule has 0 aliphatic rings. The largest absolute Gasteiger partial charge is 0.502 e. The van der Waals surface area contributed by atoms with Gasteiger partial charge >= 0.3 is 5.69 Å². The van der Waals surface area contributed by atoms with E-state index in [0.717, 1.165) is 18.2 Å². The Hall–Kier alpha value is -2.46. The molecular weight excluding hydrogens is 290 g/mol. The lowest BCUT2D eigenvalue weighted by Crippen LogP contribution is -2.23. The average Bonchev–Trinajstić information content (AvgIpc) is 2.89. The van der Waals surface area contributed by atoms with Crippen LogP contribution in [0, 0.1) is 10.1 Å². The predicted molar refractivity (Wildman–Crippen MR) is 65.3 cm³/mol. The van der Waals surface area contributed by atoms with Crippen molar-refractivity contribution in [2.45, 2.75) is 11.4 Å². The van der Waals surface area contributed by atoms with Gasteiger partial charge in [0.2, 0.25) is 10.0 Å². The normalized spacial score (nSPS) is 11.4. The zero-order chi connectivity index (χ0) is 14.8. The molecule has 0 unspecified atom stereocenters. The summed E-state index contributed by atoms with van der Waals surface area (Å²) >= 11 is 0. The Morgan fingerprint density at radius 3 is 2.75 bits per heavy atom. The summed E-state index contributed by atoms with van der Waals surface area (Å²) in [5, 5.41) is 23.3. The maximum Gasteiger partial charge on any atom is 0.312 e. The van der Waals surface area contributed by atoms with Gasteiger partial charge in [-0.25, -0.2) is 13.1 Å². The molecule has 1 aromatic carbocycles. The molecule has 0 atom stereocenters. The predicted octanol–water partition coefficient (Wildman–Crippen LogP) is 0.767. The van der Waals surface area contributed by atoms with Gasteiger partial charge in [-0.15, -0.1) is 0 Å². The summed E-state index contributed by atoms with van der Waals surface area (Å²) in [5.41, 5.74) is -0.687. The van der Waals surface area contributed by atoms with Crippen molar-refractivity contribution in [2.75, 3.05) is 0 Å². The van der Waals surface area contributed by atoms with E-state index in [-0.39, 0.29) is 11.4 Å². The zero-order valence-corrected chi connectivity index (χ0v) is 10.7. The number of benzene rings is 1. The van der Waals surface area contributed by atoms with E-state index in [1.165, 1.54) is 12.3 Å². The van der Waals surface area contributed by atoms with Gasteiger partial charge in [0.25, 0.3) is 0 Å². The van der Waals surface area contributed by atoms with Crippen molar-refractivity contribution < 1.29 is 23.0 Å². The highest BCUT2D eigenvalue weighted by Crippen LogP contribution is 2.28. The van der Waals surface area contributed by atoms with Crippen molar-refractivity contribution in [2.24, 2.45) is 0 Å². The maximum atomic E-state index is 11.9. The summed E-state index contributed by atoms with van der Waals surface area (Å²) in [6, 6.07) is 4.26. The molecular formula is C10H9N3O6S. The second kappa shape index (κ2) is 5.27. The fourth-order valence-corrected chi connectivity index (χ4v) is 2.41. The molecule has 0 amide bonds. The first-order valence-corrected chi connectivity index (χ1v) is 6.75. The minimum Gasteiger partial charge on any atom is -0.502 e. The van der Waals surface area contributed by atoms with Crippen LogP contribution in [-0.4, -0.2) is 23.6 Å². The van der Waals surface area contributed by atoms with Crippen LogP contribution in [-0.2, 0) is 16.6 Å². The molecule has 2 aromatic rings. The molecule has 0 aliphatic carbocycles. The zero-order valence-electron chi connectivity index (χ0n) is 9.88. The van der Waals surface area contributed by atoms with Crippen LogP contribution in [0.2, 0.25) is 0 Å². The summed E-state index contributed by atoms with van der Waals surface area (Å²) in [6.45, 7) is -0.142. The van der Waals surface area contributed by atoms with Gasteiger partial charge in [-0.3, -0.25) is 10.1 Å². The highest BCUT2D eigenvalue weighted by molar-refractivity contribution is 7.89. The Kier molecular flexibility index (Phi) is 3.68. The molecule has 0 fully saturated rings. The molecule has 0 radical (unpaired) electrons. The van der Waals surface area contributed by atoms with Gasteiger partial charge in [0.1, 0.15) is 0 Å². The van der Waals surface area contributed by atoms with E-state index in [4.69, 9.17) is 4.52 Å². The lowest BCUT2D eigenvalue weighted by Gasteiger charge is -2.05. The molecule has 2 N–H and O–H groups in total. The number of phenolic OH excluding ortho intramolecular Hbond substituents is 1. The van der Waals surface area contributed by atoms with Gasteiger partial charge in [-0.1, -0.05) is 5.16 Å². The fourth-order valence-electron chi connectivity index (χ4n) is 1.40. The summed E-state index contributed by atoms with van der Waals surface area (Å²) in [4.78, 5) is 9.45. The molecule has 1 heterocycles. The molecule has 1 aromatic heterocycles. The second-order valence-electron chi connectivity index (χ2n) is 3.71. The third-order valence-electron chi connectivity index (χ3n) is 2.38. The molecule has 2 rings (SSSR count). The molecule has 0 saturated heterocycles. The minimum atomic E-state index is -3.96. The molecule has 10 heteroatoms. The van der Waals surface area contributed by atoms with Crippen molar-refractivity contribution in [3.63, 3.8) is 0 Å². The Balaban J connectivity index is 2.25. The van der Waals surface area contributed by atoms with E-state index in [2.05, 4.69) is 9.88 Å². The van der Waals surface area contributed by atoms with Crippen molar-refractivity contribution >= 4 is 15.7 Å². The number of nitrogens with zero attached hydrogens (tertiary/aromatic N) is 2. The molecule has 20 heavy (non-hydrogen) atoms. The second-order valence-corrected chi connectivity index (χ2v) is 5.48. The summed E-state index contributed by atoms with van der Waals surface area (Å²) in [5.74, 6) is -0.314. The maximum absolute atomic E-state index is 11.9. The number of nitro benzene ring substituents is 1. The monoisotopic (exact) mass is 299 g/mol. The number of nitrogens with one attached hydrogen (secondary N) is 1. The van der Waals surface area contributed by atoms with Crippen LogP contribution in [0.25, 0.3) is 0 Å². The third-order valence-corrected chi connectivity index (χ3v) is 3.78. The van der Waals surface area contributed by atoms with Crippen LogP contribution in [0.3, 0.4) is 0 Å². The van der Waals surface area contributed by atoms with Gasteiger partial charge < -0.3 is 9.63 Å². The highest BCUT2D eigenvalue weighted by atomic mass is 32.2. The number of sulfonamides is 1. The molecule has 9 nitrogen and oxygen atoms in total. The molecule has 0 aliphatic heterocycles. The van der Waals surface area contributed by atoms with Crippen LogP contribution in [0.15, 0.2) is 39.9 Å². The minimum absolute atomic E-state index is 0.142. The number of hydrogen-bond donors (Lipinski definition) is 2. The van der Waals surface area contributed by atoms with E-state index in [1.807, 2.05) is 0 Å². The van der Waals surface area contributed by atoms with Crippen molar-refractivity contribution in [3.05, 3.63) is 46.3 Å². The van der Waals surface area contributed by atoms with Crippen molar-refractivity contribution in [1.29, 1.82) is 0 Å². The van der Waals surface area contributed by atoms with Crippen molar-refractivity contribution in [1.82, 2.24) is 9.88 Å². The topological polar surface area (TPSA) is 136 Å². The number of aromatic nitrogens is 1. The Bertz CT molecular complexity index is 725. The SMILES string of the molecule is O=[N+]([O-])c1cc(S(=O)(=O)NCc2ccno2)ccc1O. The number of rotatable bonds is 5. The molecule has 0 bridgehead atoms. The smallest absolute Gasteiger partial charge is 0.312 e. The van der Waals surface area contributed by atoms with E-state index < -0.39 is 26.4 Å². The number of nitro groups is 1. The molecule has 106 valence electrons. The lowest BCUT2D eigenvalue weighted by atomic mass is 10.3. The summed E-state index contributed by atoms with van der Waals surface area (Å²) in [7, 11) is -3.96. The lowest BCUT2D eigenvalue weighted by molar-refractivity contribution is -0.386. The quantitative estimate of drug-likeness (QED) is 0.614. The Morgan fingerprint density at radius 1 is 1.40 bits per heavy atom. The first kappa shape index (κ1) is 14.0. The molecule has 0 saturated carbocycles. The first-order chi connectivity index (χ1) is 9.40. The standard InChI is InChI=1S/C10H9N3O6S/c14-10-2-1-8(5-9(10)13(15)16)20(17,18)12-6-7-3-4-11-19-7/h1-5,12,14H,6H2. The van der Waals surface area contributed by atoms with Crippen LogP contribution in [0.5, 0.6) is 5.75 Å². The van der Waals surface area contributed by atoms with Crippen LogP contribution in [0.1, 0.15) is 5.76 Å². The Labute approximate surface area is 113 Å². The van der Waals surface area contributed by atoms with E-state index >= 15 is 0 Å². The van der Waals surface area contributed by atoms with Crippen LogP contribution >= 0.6 is 0 Å². The fraction of sp³-hybridized carbons (Fsp3) is 0.100. The van der Waals surface area contributed by atoms with Gasteiger partial charge in [-0.2, -0.15) is 0 Å². The van der Waals surface area contributed by atoms with Gasteiger partial charge in [0.05, 0.1) is 22.6 Å². The first-order valence-electron chi connectivity index (χ1n) is 5.27. The average molecular weight is 299 g/mol. The van der Waals surface area contributed by atoms with E-state index in [0.29, 0.717) is 5.76 Å². The highest BCUT2D eigenvalue weighted by Gasteiger charge is 2.21. The summed E-state index contributed by atoms with van der Waals surface area (Å²) < 4.78 is 30.8. The Morgan fingerprint density at radius 2 is 2.15 bits per heavy atom. The number of hydrogen-bond acceptors (Lipinski definition) is 7. The van der Waals surface area contributed by atoms with Gasteiger partial charge in [0, 0.05) is 12.1 Å². The van der Waals surface area contributed by atoms with Crippen molar-refractivity contribution in [3.8, 4) is 5.75 Å². The van der Waals surface area contributed by atoms with Gasteiger partial charge in [-0.05, 0) is 12.1 Å². The third kappa shape index (κ3) is 2.92. The number of phenols is 1. The van der Waals surface area contributed by atoms with Crippen LogP contribution < -0.4 is 4.72 Å². The van der Waals surface area contributed by atoms with E-state index in [9.17, 15) is 23.6 Å². The van der Waals surface area contributed by atoms with E-state index in [1.54, 1.807) is 0 Å². The molecule has 0 spiro atoms.